The standard InChI is InChI=1S/C13H16N2O3/c16-12-9-15(8-7-14-12)11-4-1-10(2-5-11)3-6-13(17)18/h1-2,4-5H,3,6-9H2,(H,14,16)(H,17,18). The molecule has 0 unspecified atom stereocenters. The minimum absolute atomic E-state index is 0.0382. The molecule has 0 atom stereocenters. The molecule has 1 aliphatic heterocycles. The first-order valence-corrected chi connectivity index (χ1v) is 5.97. The zero-order valence-corrected chi connectivity index (χ0v) is 10.1. The second-order valence-corrected chi connectivity index (χ2v) is 4.33. The van der Waals surface area contributed by atoms with Gasteiger partial charge < -0.3 is 15.3 Å². The van der Waals surface area contributed by atoms with Gasteiger partial charge >= 0.3 is 5.97 Å². The smallest absolute Gasteiger partial charge is 0.303 e. The van der Waals surface area contributed by atoms with Crippen molar-refractivity contribution < 1.29 is 14.7 Å². The number of benzene rings is 1. The highest BCUT2D eigenvalue weighted by Gasteiger charge is 2.16. The van der Waals surface area contributed by atoms with Gasteiger partial charge in [0.05, 0.1) is 6.54 Å². The third-order valence-electron chi connectivity index (χ3n) is 2.97. The van der Waals surface area contributed by atoms with Gasteiger partial charge in [-0.25, -0.2) is 0 Å². The Kier molecular flexibility index (Phi) is 3.82. The van der Waals surface area contributed by atoms with Crippen LogP contribution in [0.2, 0.25) is 0 Å². The molecule has 1 aromatic rings. The van der Waals surface area contributed by atoms with Crippen molar-refractivity contribution in [2.24, 2.45) is 0 Å². The highest BCUT2D eigenvalue weighted by atomic mass is 16.4. The number of carbonyl (C=O) groups excluding carboxylic acids is 1. The Labute approximate surface area is 105 Å². The molecule has 0 spiro atoms. The van der Waals surface area contributed by atoms with E-state index in [0.29, 0.717) is 19.5 Å². The first kappa shape index (κ1) is 12.4. The van der Waals surface area contributed by atoms with Crippen molar-refractivity contribution >= 4 is 17.6 Å². The number of amides is 1. The Morgan fingerprint density at radius 3 is 2.67 bits per heavy atom. The SMILES string of the molecule is O=C(O)CCc1ccc(N2CCNC(=O)C2)cc1. The summed E-state index contributed by atoms with van der Waals surface area (Å²) in [6, 6.07) is 7.72. The Bertz CT molecular complexity index is 442. The molecule has 1 saturated heterocycles. The minimum atomic E-state index is -0.785. The number of aryl methyl sites for hydroxylation is 1. The Hall–Kier alpha value is -2.04. The molecule has 1 aliphatic rings. The lowest BCUT2D eigenvalue weighted by Gasteiger charge is -2.28. The summed E-state index contributed by atoms with van der Waals surface area (Å²) in [4.78, 5) is 23.8. The molecular formula is C13H16N2O3. The number of carbonyl (C=O) groups is 2. The number of hydrogen-bond acceptors (Lipinski definition) is 3. The molecule has 0 aromatic heterocycles. The van der Waals surface area contributed by atoms with Gasteiger partial charge in [-0.1, -0.05) is 12.1 Å². The Balaban J connectivity index is 1.98. The summed E-state index contributed by atoms with van der Waals surface area (Å²) >= 11 is 0. The van der Waals surface area contributed by atoms with Gasteiger partial charge in [-0.15, -0.1) is 0 Å². The lowest BCUT2D eigenvalue weighted by molar-refractivity contribution is -0.137. The van der Waals surface area contributed by atoms with E-state index in [1.807, 2.05) is 29.2 Å². The lowest BCUT2D eigenvalue weighted by atomic mass is 10.1. The molecule has 0 aliphatic carbocycles. The van der Waals surface area contributed by atoms with E-state index in [1.165, 1.54) is 0 Å². The number of aliphatic carboxylic acids is 1. The van der Waals surface area contributed by atoms with Crippen LogP contribution in [0.5, 0.6) is 0 Å². The van der Waals surface area contributed by atoms with Crippen molar-refractivity contribution in [2.75, 3.05) is 24.5 Å². The largest absolute Gasteiger partial charge is 0.481 e. The van der Waals surface area contributed by atoms with Crippen LogP contribution in [0.4, 0.5) is 5.69 Å². The minimum Gasteiger partial charge on any atom is -0.481 e. The summed E-state index contributed by atoms with van der Waals surface area (Å²) in [5.41, 5.74) is 2.01. The predicted octanol–water partition coefficient (Wildman–Crippen LogP) is 0.640. The fraction of sp³-hybridized carbons (Fsp3) is 0.385. The second-order valence-electron chi connectivity index (χ2n) is 4.33. The van der Waals surface area contributed by atoms with Gasteiger partial charge in [0.25, 0.3) is 0 Å². The van der Waals surface area contributed by atoms with Gasteiger partial charge in [0, 0.05) is 25.2 Å². The number of rotatable bonds is 4. The van der Waals surface area contributed by atoms with E-state index in [9.17, 15) is 9.59 Å². The van der Waals surface area contributed by atoms with Gasteiger partial charge in [0.1, 0.15) is 0 Å². The Morgan fingerprint density at radius 1 is 1.33 bits per heavy atom. The molecule has 5 nitrogen and oxygen atoms in total. The zero-order chi connectivity index (χ0) is 13.0. The molecule has 0 radical (unpaired) electrons. The van der Waals surface area contributed by atoms with Crippen LogP contribution in [0.3, 0.4) is 0 Å². The second kappa shape index (κ2) is 5.53. The number of nitrogens with zero attached hydrogens (tertiary/aromatic N) is 1. The van der Waals surface area contributed by atoms with Crippen LogP contribution in [-0.2, 0) is 16.0 Å². The average Bonchev–Trinajstić information content (AvgIpc) is 2.37. The summed E-state index contributed by atoms with van der Waals surface area (Å²) in [5, 5.41) is 11.4. The maximum absolute atomic E-state index is 11.3. The van der Waals surface area contributed by atoms with Gasteiger partial charge in [0.15, 0.2) is 0 Å². The summed E-state index contributed by atoms with van der Waals surface area (Å²) in [7, 11) is 0. The van der Waals surface area contributed by atoms with Crippen LogP contribution in [0.25, 0.3) is 0 Å². The van der Waals surface area contributed by atoms with E-state index in [0.717, 1.165) is 17.8 Å². The highest BCUT2D eigenvalue weighted by Crippen LogP contribution is 2.16. The van der Waals surface area contributed by atoms with E-state index in [4.69, 9.17) is 5.11 Å². The van der Waals surface area contributed by atoms with Gasteiger partial charge in [-0.2, -0.15) is 0 Å². The van der Waals surface area contributed by atoms with Crippen molar-refractivity contribution in [2.45, 2.75) is 12.8 Å². The summed E-state index contributed by atoms with van der Waals surface area (Å²) in [6.07, 6.45) is 0.682. The van der Waals surface area contributed by atoms with Crippen molar-refractivity contribution in [3.63, 3.8) is 0 Å². The fourth-order valence-electron chi connectivity index (χ4n) is 1.98. The molecule has 1 amide bonds. The third kappa shape index (κ3) is 3.23. The van der Waals surface area contributed by atoms with E-state index >= 15 is 0 Å². The van der Waals surface area contributed by atoms with Crippen LogP contribution in [0, 0.1) is 0 Å². The average molecular weight is 248 g/mol. The first-order chi connectivity index (χ1) is 8.65. The monoisotopic (exact) mass is 248 g/mol. The molecule has 1 heterocycles. The maximum atomic E-state index is 11.3. The molecule has 0 saturated carbocycles. The van der Waals surface area contributed by atoms with Crippen molar-refractivity contribution in [3.8, 4) is 0 Å². The highest BCUT2D eigenvalue weighted by molar-refractivity contribution is 5.82. The van der Waals surface area contributed by atoms with Crippen LogP contribution >= 0.6 is 0 Å². The van der Waals surface area contributed by atoms with Crippen LogP contribution in [-0.4, -0.2) is 36.6 Å². The van der Waals surface area contributed by atoms with E-state index in [1.54, 1.807) is 0 Å². The summed E-state index contributed by atoms with van der Waals surface area (Å²) in [6.45, 7) is 1.86. The quantitative estimate of drug-likeness (QED) is 0.820. The van der Waals surface area contributed by atoms with Crippen LogP contribution in [0.1, 0.15) is 12.0 Å². The predicted molar refractivity (Wildman–Crippen MR) is 67.6 cm³/mol. The topological polar surface area (TPSA) is 69.6 Å². The van der Waals surface area contributed by atoms with Crippen molar-refractivity contribution in [3.05, 3.63) is 29.8 Å². The molecular weight excluding hydrogens is 232 g/mol. The number of carboxylic acids is 1. The molecule has 1 aromatic carbocycles. The lowest BCUT2D eigenvalue weighted by Crippen LogP contribution is -2.47. The van der Waals surface area contributed by atoms with Gasteiger partial charge in [-0.3, -0.25) is 9.59 Å². The van der Waals surface area contributed by atoms with Crippen molar-refractivity contribution in [1.29, 1.82) is 0 Å². The van der Waals surface area contributed by atoms with Gasteiger partial charge in [-0.05, 0) is 24.1 Å². The summed E-state index contributed by atoms with van der Waals surface area (Å²) < 4.78 is 0. The molecule has 1 fully saturated rings. The van der Waals surface area contributed by atoms with Gasteiger partial charge in [0.2, 0.25) is 5.91 Å². The molecule has 96 valence electrons. The molecule has 0 bridgehead atoms. The zero-order valence-electron chi connectivity index (χ0n) is 10.1. The normalized spacial score (nSPS) is 15.3. The Morgan fingerprint density at radius 2 is 2.06 bits per heavy atom. The number of carboxylic acid groups (broad SMARTS) is 1. The molecule has 5 heteroatoms. The number of piperazine rings is 1. The summed E-state index contributed by atoms with van der Waals surface area (Å²) in [5.74, 6) is -0.747. The number of anilines is 1. The van der Waals surface area contributed by atoms with E-state index in [-0.39, 0.29) is 12.3 Å². The molecule has 2 rings (SSSR count). The van der Waals surface area contributed by atoms with Crippen LogP contribution in [0.15, 0.2) is 24.3 Å². The molecule has 2 N–H and O–H groups in total. The maximum Gasteiger partial charge on any atom is 0.303 e. The fourth-order valence-corrected chi connectivity index (χ4v) is 1.98. The van der Waals surface area contributed by atoms with E-state index < -0.39 is 5.97 Å². The third-order valence-corrected chi connectivity index (χ3v) is 2.97. The van der Waals surface area contributed by atoms with Crippen LogP contribution < -0.4 is 10.2 Å². The van der Waals surface area contributed by atoms with E-state index in [2.05, 4.69) is 5.32 Å². The van der Waals surface area contributed by atoms with Crippen molar-refractivity contribution in [1.82, 2.24) is 5.32 Å². The number of hydrogen-bond donors (Lipinski definition) is 2. The molecule has 18 heavy (non-hydrogen) atoms. The first-order valence-electron chi connectivity index (χ1n) is 5.97. The number of nitrogens with one attached hydrogen (secondary N) is 1.